The number of methoxy groups -OCH3 is 2. The van der Waals surface area contributed by atoms with Crippen LogP contribution in [0, 0.1) is 0 Å². The average Bonchev–Trinajstić information content (AvgIpc) is 2.29. The molecule has 0 spiro atoms. The fourth-order valence-corrected chi connectivity index (χ4v) is 1.37. The number of carbonyl (C=O) groups is 1. The minimum Gasteiger partial charge on any atom is -0.498 e. The highest BCUT2D eigenvalue weighted by Gasteiger charge is 2.17. The van der Waals surface area contributed by atoms with Crippen molar-refractivity contribution in [2.75, 3.05) is 20.8 Å². The summed E-state index contributed by atoms with van der Waals surface area (Å²) in [4.78, 5) is 11.2. The predicted octanol–water partition coefficient (Wildman–Crippen LogP) is 1.78. The van der Waals surface area contributed by atoms with Crippen LogP contribution in [0.5, 0.6) is 0 Å². The van der Waals surface area contributed by atoms with E-state index in [0.717, 1.165) is 0 Å². The van der Waals surface area contributed by atoms with Crippen LogP contribution in [-0.2, 0) is 14.3 Å². The number of hydrogen-bond acceptors (Lipinski definition) is 3. The molecule has 0 heterocycles. The molecular weight excluding hydrogens is 208 g/mol. The highest BCUT2D eigenvalue weighted by molar-refractivity contribution is 6.16. The third kappa shape index (κ3) is 2.84. The lowest BCUT2D eigenvalue weighted by Crippen LogP contribution is -2.08. The van der Waals surface area contributed by atoms with Gasteiger partial charge in [0.05, 0.1) is 7.11 Å². The molecule has 0 saturated carbocycles. The van der Waals surface area contributed by atoms with Crippen molar-refractivity contribution >= 4 is 11.5 Å². The summed E-state index contributed by atoms with van der Waals surface area (Å²) < 4.78 is 9.94. The van der Waals surface area contributed by atoms with Gasteiger partial charge < -0.3 is 14.6 Å². The number of ether oxygens (including phenoxy) is 2. The molecule has 0 aliphatic heterocycles. The van der Waals surface area contributed by atoms with Gasteiger partial charge in [-0.3, -0.25) is 0 Å². The molecule has 4 nitrogen and oxygen atoms in total. The van der Waals surface area contributed by atoms with Gasteiger partial charge in [-0.15, -0.1) is 0 Å². The first-order valence-corrected chi connectivity index (χ1v) is 4.75. The van der Waals surface area contributed by atoms with Crippen LogP contribution in [0.3, 0.4) is 0 Å². The third-order valence-corrected chi connectivity index (χ3v) is 2.08. The zero-order valence-corrected chi connectivity index (χ0v) is 9.27. The van der Waals surface area contributed by atoms with E-state index < -0.39 is 5.97 Å². The fourth-order valence-electron chi connectivity index (χ4n) is 1.37. The molecule has 0 amide bonds. The van der Waals surface area contributed by atoms with E-state index in [-0.39, 0.29) is 12.2 Å². The van der Waals surface area contributed by atoms with E-state index in [2.05, 4.69) is 0 Å². The minimum absolute atomic E-state index is 0.130. The Morgan fingerprint density at radius 1 is 1.25 bits per heavy atom. The standard InChI is InChI=1S/C12H14O4/c1-15-8-10(16-2)11(12(13)14)9-6-4-3-5-7-9/h3-7H,8H2,1-2H3,(H,13,14). The smallest absolute Gasteiger partial charge is 0.339 e. The summed E-state index contributed by atoms with van der Waals surface area (Å²) in [6, 6.07) is 8.82. The third-order valence-electron chi connectivity index (χ3n) is 2.08. The molecule has 0 radical (unpaired) electrons. The molecule has 0 saturated heterocycles. The van der Waals surface area contributed by atoms with Crippen molar-refractivity contribution in [3.8, 4) is 0 Å². The lowest BCUT2D eigenvalue weighted by atomic mass is 10.1. The first kappa shape index (κ1) is 12.3. The molecule has 0 aliphatic carbocycles. The number of aliphatic carboxylic acids is 1. The van der Waals surface area contributed by atoms with Gasteiger partial charge >= 0.3 is 5.97 Å². The molecule has 0 aliphatic rings. The first-order chi connectivity index (χ1) is 7.70. The normalized spacial score (nSPS) is 11.9. The molecule has 0 fully saturated rings. The molecular formula is C12H14O4. The predicted molar refractivity (Wildman–Crippen MR) is 59.9 cm³/mol. The van der Waals surface area contributed by atoms with Gasteiger partial charge in [0.25, 0.3) is 0 Å². The van der Waals surface area contributed by atoms with Crippen LogP contribution in [0.2, 0.25) is 0 Å². The lowest BCUT2D eigenvalue weighted by Gasteiger charge is -2.10. The molecule has 16 heavy (non-hydrogen) atoms. The summed E-state index contributed by atoms with van der Waals surface area (Å²) in [6.45, 7) is 0.132. The molecule has 0 atom stereocenters. The van der Waals surface area contributed by atoms with Crippen molar-refractivity contribution in [2.45, 2.75) is 0 Å². The summed E-state index contributed by atoms with van der Waals surface area (Å²) in [6.07, 6.45) is 0. The number of carboxylic acid groups (broad SMARTS) is 1. The Balaban J connectivity index is 3.22. The Hall–Kier alpha value is -1.81. The van der Waals surface area contributed by atoms with Gasteiger partial charge in [-0.25, -0.2) is 4.79 Å². The second-order valence-electron chi connectivity index (χ2n) is 3.11. The van der Waals surface area contributed by atoms with E-state index >= 15 is 0 Å². The number of rotatable bonds is 5. The van der Waals surface area contributed by atoms with Gasteiger partial charge in [-0.2, -0.15) is 0 Å². The highest BCUT2D eigenvalue weighted by Crippen LogP contribution is 2.19. The van der Waals surface area contributed by atoms with E-state index in [1.165, 1.54) is 14.2 Å². The molecule has 1 rings (SSSR count). The molecule has 4 heteroatoms. The molecule has 1 N–H and O–H groups in total. The quantitative estimate of drug-likeness (QED) is 0.609. The Bertz CT molecular complexity index is 381. The first-order valence-electron chi connectivity index (χ1n) is 4.75. The summed E-state index contributed by atoms with van der Waals surface area (Å²) in [5, 5.41) is 9.16. The van der Waals surface area contributed by atoms with Crippen LogP contribution in [0.25, 0.3) is 5.57 Å². The summed E-state index contributed by atoms with van der Waals surface area (Å²) in [5.41, 5.74) is 0.730. The van der Waals surface area contributed by atoms with Crippen LogP contribution >= 0.6 is 0 Å². The van der Waals surface area contributed by atoms with E-state index in [9.17, 15) is 4.79 Å². The van der Waals surface area contributed by atoms with Crippen molar-refractivity contribution in [1.82, 2.24) is 0 Å². The maximum Gasteiger partial charge on any atom is 0.339 e. The van der Waals surface area contributed by atoms with Gasteiger partial charge in [-0.05, 0) is 5.56 Å². The Morgan fingerprint density at radius 3 is 2.31 bits per heavy atom. The molecule has 1 aromatic rings. The molecule has 0 unspecified atom stereocenters. The van der Waals surface area contributed by atoms with Crippen LogP contribution in [0.15, 0.2) is 36.1 Å². The second kappa shape index (κ2) is 5.92. The van der Waals surface area contributed by atoms with E-state index in [4.69, 9.17) is 14.6 Å². The average molecular weight is 222 g/mol. The van der Waals surface area contributed by atoms with E-state index in [1.54, 1.807) is 24.3 Å². The van der Waals surface area contributed by atoms with Gasteiger partial charge in [0, 0.05) is 7.11 Å². The topological polar surface area (TPSA) is 55.8 Å². The number of hydrogen-bond donors (Lipinski definition) is 1. The minimum atomic E-state index is -1.03. The van der Waals surface area contributed by atoms with Crippen LogP contribution < -0.4 is 0 Å². The lowest BCUT2D eigenvalue weighted by molar-refractivity contribution is -0.130. The second-order valence-corrected chi connectivity index (χ2v) is 3.11. The molecule has 0 bridgehead atoms. The summed E-state index contributed by atoms with van der Waals surface area (Å²) in [5.74, 6) is -0.721. The largest absolute Gasteiger partial charge is 0.498 e. The van der Waals surface area contributed by atoms with Crippen molar-refractivity contribution in [1.29, 1.82) is 0 Å². The van der Waals surface area contributed by atoms with Crippen LogP contribution in [0.4, 0.5) is 0 Å². The number of benzene rings is 1. The van der Waals surface area contributed by atoms with Crippen molar-refractivity contribution in [2.24, 2.45) is 0 Å². The Morgan fingerprint density at radius 2 is 1.88 bits per heavy atom. The monoisotopic (exact) mass is 222 g/mol. The zero-order chi connectivity index (χ0) is 12.0. The SMILES string of the molecule is COCC(OC)=C(C(=O)O)c1ccccc1. The van der Waals surface area contributed by atoms with Crippen LogP contribution in [-0.4, -0.2) is 31.9 Å². The number of carboxylic acids is 1. The zero-order valence-electron chi connectivity index (χ0n) is 9.27. The molecule has 1 aromatic carbocycles. The maximum absolute atomic E-state index is 11.2. The van der Waals surface area contributed by atoms with E-state index in [0.29, 0.717) is 11.3 Å². The maximum atomic E-state index is 11.2. The Labute approximate surface area is 94.1 Å². The molecule has 86 valence electrons. The van der Waals surface area contributed by atoms with Crippen LogP contribution in [0.1, 0.15) is 5.56 Å². The van der Waals surface area contributed by atoms with Gasteiger partial charge in [0.2, 0.25) is 0 Å². The van der Waals surface area contributed by atoms with Gasteiger partial charge in [-0.1, -0.05) is 30.3 Å². The van der Waals surface area contributed by atoms with Crippen molar-refractivity contribution in [3.05, 3.63) is 41.7 Å². The summed E-state index contributed by atoms with van der Waals surface area (Å²) in [7, 11) is 2.92. The Kier molecular flexibility index (Phi) is 4.54. The van der Waals surface area contributed by atoms with Crippen molar-refractivity contribution in [3.63, 3.8) is 0 Å². The fraction of sp³-hybridized carbons (Fsp3) is 0.250. The van der Waals surface area contributed by atoms with Gasteiger partial charge in [0.1, 0.15) is 17.9 Å². The molecule has 0 aromatic heterocycles. The van der Waals surface area contributed by atoms with Gasteiger partial charge in [0.15, 0.2) is 0 Å². The van der Waals surface area contributed by atoms with Crippen molar-refractivity contribution < 1.29 is 19.4 Å². The van der Waals surface area contributed by atoms with E-state index in [1.807, 2.05) is 6.07 Å². The highest BCUT2D eigenvalue weighted by atomic mass is 16.5. The summed E-state index contributed by atoms with van der Waals surface area (Å²) >= 11 is 0.